The molecule has 2 rings (SSSR count). The minimum absolute atomic E-state index is 0.181. The second kappa shape index (κ2) is 5.00. The lowest BCUT2D eigenvalue weighted by atomic mass is 9.86. The molecular weight excluding hydrogens is 218 g/mol. The van der Waals surface area contributed by atoms with Crippen LogP contribution < -0.4 is 0 Å². The summed E-state index contributed by atoms with van der Waals surface area (Å²) in [5.41, 5.74) is 0.839. The average molecular weight is 237 g/mol. The molecule has 16 heavy (non-hydrogen) atoms. The van der Waals surface area contributed by atoms with Crippen molar-refractivity contribution in [3.8, 4) is 0 Å². The van der Waals surface area contributed by atoms with Crippen LogP contribution in [0.3, 0.4) is 0 Å². The molecule has 88 valence electrons. The van der Waals surface area contributed by atoms with Gasteiger partial charge in [-0.05, 0) is 43.0 Å². The first kappa shape index (κ1) is 11.6. The van der Waals surface area contributed by atoms with Gasteiger partial charge in [0.25, 0.3) is 5.91 Å². The average Bonchev–Trinajstić information content (AvgIpc) is 2.81. The van der Waals surface area contributed by atoms with Gasteiger partial charge in [-0.2, -0.15) is 11.3 Å². The minimum atomic E-state index is 0.181. The molecule has 1 aliphatic carbocycles. The maximum Gasteiger partial charge on any atom is 0.254 e. The van der Waals surface area contributed by atoms with Crippen LogP contribution in [0.15, 0.2) is 16.8 Å². The lowest BCUT2D eigenvalue weighted by Crippen LogP contribution is -2.39. The van der Waals surface area contributed by atoms with Gasteiger partial charge < -0.3 is 4.90 Å². The zero-order chi connectivity index (χ0) is 11.5. The van der Waals surface area contributed by atoms with E-state index in [0.29, 0.717) is 6.04 Å². The highest BCUT2D eigenvalue weighted by Gasteiger charge is 2.25. The fourth-order valence-electron chi connectivity index (χ4n) is 2.39. The van der Waals surface area contributed by atoms with Crippen molar-refractivity contribution in [2.75, 3.05) is 7.05 Å². The van der Waals surface area contributed by atoms with Crippen LogP contribution in [0.1, 0.15) is 43.0 Å². The Labute approximate surface area is 101 Å². The SMILES string of the molecule is CC1CCC(N(C)C(=O)c2ccsc2)CC1. The molecule has 1 heterocycles. The summed E-state index contributed by atoms with van der Waals surface area (Å²) in [4.78, 5) is 14.1. The number of carbonyl (C=O) groups excluding carboxylic acids is 1. The van der Waals surface area contributed by atoms with Gasteiger partial charge in [-0.15, -0.1) is 0 Å². The Hall–Kier alpha value is -0.830. The van der Waals surface area contributed by atoms with E-state index in [0.717, 1.165) is 24.3 Å². The van der Waals surface area contributed by atoms with Gasteiger partial charge in [0.05, 0.1) is 5.56 Å². The molecule has 0 spiro atoms. The molecule has 0 aromatic carbocycles. The molecule has 2 nitrogen and oxygen atoms in total. The zero-order valence-corrected chi connectivity index (χ0v) is 10.8. The fourth-order valence-corrected chi connectivity index (χ4v) is 3.02. The smallest absolute Gasteiger partial charge is 0.254 e. The largest absolute Gasteiger partial charge is 0.339 e. The summed E-state index contributed by atoms with van der Waals surface area (Å²) < 4.78 is 0. The Morgan fingerprint density at radius 1 is 1.38 bits per heavy atom. The van der Waals surface area contributed by atoms with Crippen LogP contribution in [0.2, 0.25) is 0 Å². The second-order valence-electron chi connectivity index (χ2n) is 4.84. The summed E-state index contributed by atoms with van der Waals surface area (Å²) >= 11 is 1.58. The molecule has 1 aromatic heterocycles. The van der Waals surface area contributed by atoms with Crippen molar-refractivity contribution in [1.82, 2.24) is 4.90 Å². The Bertz CT molecular complexity index is 339. The third-order valence-electron chi connectivity index (χ3n) is 3.62. The Balaban J connectivity index is 1.97. The quantitative estimate of drug-likeness (QED) is 0.772. The molecule has 3 heteroatoms. The molecule has 0 saturated heterocycles. The van der Waals surface area contributed by atoms with Gasteiger partial charge in [-0.3, -0.25) is 4.79 Å². The van der Waals surface area contributed by atoms with Gasteiger partial charge >= 0.3 is 0 Å². The van der Waals surface area contributed by atoms with Gasteiger partial charge in [0.1, 0.15) is 0 Å². The molecule has 0 radical (unpaired) electrons. The first-order valence-corrected chi connectivity index (χ1v) is 6.92. The highest BCUT2D eigenvalue weighted by atomic mass is 32.1. The predicted octanol–water partition coefficient (Wildman–Crippen LogP) is 3.40. The summed E-state index contributed by atoms with van der Waals surface area (Å²) in [6.45, 7) is 2.30. The third-order valence-corrected chi connectivity index (χ3v) is 4.30. The van der Waals surface area contributed by atoms with Crippen LogP contribution in [0, 0.1) is 5.92 Å². The van der Waals surface area contributed by atoms with Crippen molar-refractivity contribution in [3.63, 3.8) is 0 Å². The molecule has 0 atom stereocenters. The molecule has 0 aliphatic heterocycles. The van der Waals surface area contributed by atoms with Gasteiger partial charge in [-0.1, -0.05) is 6.92 Å². The predicted molar refractivity (Wildman–Crippen MR) is 67.8 cm³/mol. The minimum Gasteiger partial charge on any atom is -0.339 e. The number of thiophene rings is 1. The number of hydrogen-bond donors (Lipinski definition) is 0. The number of nitrogens with zero attached hydrogens (tertiary/aromatic N) is 1. The summed E-state index contributed by atoms with van der Waals surface area (Å²) in [5.74, 6) is 1.02. The summed E-state index contributed by atoms with van der Waals surface area (Å²) in [5, 5.41) is 3.90. The van der Waals surface area contributed by atoms with Gasteiger partial charge in [0, 0.05) is 18.5 Å². The van der Waals surface area contributed by atoms with E-state index in [-0.39, 0.29) is 5.91 Å². The Kier molecular flexibility index (Phi) is 3.64. The van der Waals surface area contributed by atoms with Gasteiger partial charge in [-0.25, -0.2) is 0 Å². The molecule has 0 bridgehead atoms. The topological polar surface area (TPSA) is 20.3 Å². The van der Waals surface area contributed by atoms with E-state index < -0.39 is 0 Å². The summed E-state index contributed by atoms with van der Waals surface area (Å²) in [7, 11) is 1.95. The van der Waals surface area contributed by atoms with E-state index in [9.17, 15) is 4.79 Å². The lowest BCUT2D eigenvalue weighted by Gasteiger charge is -2.33. The van der Waals surface area contributed by atoms with Crippen molar-refractivity contribution in [2.24, 2.45) is 5.92 Å². The Morgan fingerprint density at radius 3 is 2.62 bits per heavy atom. The monoisotopic (exact) mass is 237 g/mol. The number of rotatable bonds is 2. The van der Waals surface area contributed by atoms with Crippen LogP contribution in [-0.4, -0.2) is 23.9 Å². The number of carbonyl (C=O) groups is 1. The molecule has 1 aliphatic rings. The van der Waals surface area contributed by atoms with Gasteiger partial charge in [0.15, 0.2) is 0 Å². The standard InChI is InChI=1S/C13H19NOS/c1-10-3-5-12(6-4-10)14(2)13(15)11-7-8-16-9-11/h7-10,12H,3-6H2,1-2H3. The van der Waals surface area contributed by atoms with Crippen LogP contribution in [-0.2, 0) is 0 Å². The van der Waals surface area contributed by atoms with E-state index in [4.69, 9.17) is 0 Å². The number of hydrogen-bond acceptors (Lipinski definition) is 2. The van der Waals surface area contributed by atoms with Crippen molar-refractivity contribution in [2.45, 2.75) is 38.6 Å². The van der Waals surface area contributed by atoms with E-state index in [2.05, 4.69) is 6.92 Å². The lowest BCUT2D eigenvalue weighted by molar-refractivity contribution is 0.0680. The first-order chi connectivity index (χ1) is 7.68. The van der Waals surface area contributed by atoms with Crippen LogP contribution in [0.25, 0.3) is 0 Å². The highest BCUT2D eigenvalue weighted by molar-refractivity contribution is 7.08. The summed E-state index contributed by atoms with van der Waals surface area (Å²) in [6, 6.07) is 2.36. The van der Waals surface area contributed by atoms with Crippen molar-refractivity contribution in [1.29, 1.82) is 0 Å². The van der Waals surface area contributed by atoms with E-state index in [1.807, 2.05) is 28.8 Å². The van der Waals surface area contributed by atoms with E-state index in [1.165, 1.54) is 12.8 Å². The normalized spacial score (nSPS) is 25.4. The molecule has 0 unspecified atom stereocenters. The zero-order valence-electron chi connectivity index (χ0n) is 9.98. The van der Waals surface area contributed by atoms with E-state index in [1.54, 1.807) is 11.3 Å². The first-order valence-electron chi connectivity index (χ1n) is 5.98. The molecular formula is C13H19NOS. The summed E-state index contributed by atoms with van der Waals surface area (Å²) in [6.07, 6.45) is 4.83. The maximum absolute atomic E-state index is 12.1. The van der Waals surface area contributed by atoms with Crippen LogP contribution in [0.4, 0.5) is 0 Å². The number of amides is 1. The van der Waals surface area contributed by atoms with Crippen molar-refractivity contribution >= 4 is 17.2 Å². The van der Waals surface area contributed by atoms with Crippen LogP contribution >= 0.6 is 11.3 Å². The third kappa shape index (κ3) is 2.46. The maximum atomic E-state index is 12.1. The Morgan fingerprint density at radius 2 is 2.06 bits per heavy atom. The highest BCUT2D eigenvalue weighted by Crippen LogP contribution is 2.27. The molecule has 1 fully saturated rings. The molecule has 0 N–H and O–H groups in total. The van der Waals surface area contributed by atoms with Gasteiger partial charge in [0.2, 0.25) is 0 Å². The molecule has 1 saturated carbocycles. The second-order valence-corrected chi connectivity index (χ2v) is 5.62. The van der Waals surface area contributed by atoms with Crippen molar-refractivity contribution < 1.29 is 4.79 Å². The molecule has 1 aromatic rings. The van der Waals surface area contributed by atoms with Crippen molar-refractivity contribution in [3.05, 3.63) is 22.4 Å². The van der Waals surface area contributed by atoms with Crippen LogP contribution in [0.5, 0.6) is 0 Å². The van der Waals surface area contributed by atoms with E-state index >= 15 is 0 Å². The fraction of sp³-hybridized carbons (Fsp3) is 0.615. The molecule has 1 amide bonds.